The molecule has 2 fully saturated rings. The van der Waals surface area contributed by atoms with E-state index in [9.17, 15) is 22.8 Å². The van der Waals surface area contributed by atoms with E-state index in [2.05, 4.69) is 0 Å². The fourth-order valence-corrected chi connectivity index (χ4v) is 5.60. The first-order valence-corrected chi connectivity index (χ1v) is 14.3. The van der Waals surface area contributed by atoms with Gasteiger partial charge in [0.15, 0.2) is 0 Å². The number of amides is 3. The topological polar surface area (TPSA) is 127 Å². The standard InChI is InChI=1S/C27H33N3O6S/c1-2-36-22-12-10-21(11-13-22)30-25(31)18-24(27(30)33)29(26(32)20-6-4-3-5-7-20)17-16-19-8-14-23(15-9-19)37(28,34)35/h8-15,20,24H,2-7,16-18H2,1H3,(H2,28,34,35). The van der Waals surface area contributed by atoms with Crippen LogP contribution in [0.15, 0.2) is 53.4 Å². The predicted octanol–water partition coefficient (Wildman–Crippen LogP) is 3.02. The van der Waals surface area contributed by atoms with Crippen molar-refractivity contribution in [3.8, 4) is 5.75 Å². The van der Waals surface area contributed by atoms with Gasteiger partial charge in [-0.3, -0.25) is 14.4 Å². The second-order valence-corrected chi connectivity index (χ2v) is 11.1. The van der Waals surface area contributed by atoms with Crippen molar-refractivity contribution < 1.29 is 27.5 Å². The van der Waals surface area contributed by atoms with E-state index >= 15 is 0 Å². The quantitative estimate of drug-likeness (QED) is 0.500. The number of nitrogens with two attached hydrogens (primary N) is 1. The maximum Gasteiger partial charge on any atom is 0.257 e. The number of ether oxygens (including phenoxy) is 1. The second-order valence-electron chi connectivity index (χ2n) is 9.52. The summed E-state index contributed by atoms with van der Waals surface area (Å²) in [5.74, 6) is -0.382. The fourth-order valence-electron chi connectivity index (χ4n) is 5.09. The zero-order valence-electron chi connectivity index (χ0n) is 21.0. The van der Waals surface area contributed by atoms with Crippen molar-refractivity contribution >= 4 is 33.4 Å². The van der Waals surface area contributed by atoms with Crippen LogP contribution in [0.2, 0.25) is 0 Å². The molecular weight excluding hydrogens is 494 g/mol. The van der Waals surface area contributed by atoms with Gasteiger partial charge in [0.2, 0.25) is 21.8 Å². The number of anilines is 1. The minimum Gasteiger partial charge on any atom is -0.494 e. The van der Waals surface area contributed by atoms with Crippen LogP contribution in [-0.4, -0.2) is 50.2 Å². The van der Waals surface area contributed by atoms with Crippen LogP contribution >= 0.6 is 0 Å². The lowest BCUT2D eigenvalue weighted by Gasteiger charge is -2.32. The molecular formula is C27H33N3O6S. The molecule has 0 aromatic heterocycles. The van der Waals surface area contributed by atoms with E-state index in [1.165, 1.54) is 12.1 Å². The molecule has 1 aliphatic heterocycles. The van der Waals surface area contributed by atoms with Crippen molar-refractivity contribution in [1.82, 2.24) is 4.90 Å². The lowest BCUT2D eigenvalue weighted by molar-refractivity contribution is -0.142. The van der Waals surface area contributed by atoms with Gasteiger partial charge in [0, 0.05) is 12.5 Å². The van der Waals surface area contributed by atoms with Crippen LogP contribution in [0.3, 0.4) is 0 Å². The molecule has 1 atom stereocenters. The molecule has 1 saturated carbocycles. The van der Waals surface area contributed by atoms with E-state index in [4.69, 9.17) is 9.88 Å². The summed E-state index contributed by atoms with van der Waals surface area (Å²) in [5.41, 5.74) is 1.25. The fraction of sp³-hybridized carbons (Fsp3) is 0.444. The van der Waals surface area contributed by atoms with Crippen LogP contribution in [0, 0.1) is 5.92 Å². The highest BCUT2D eigenvalue weighted by atomic mass is 32.2. The average molecular weight is 528 g/mol. The SMILES string of the molecule is CCOc1ccc(N2C(=O)CC(N(CCc3ccc(S(N)(=O)=O)cc3)C(=O)C3CCCCC3)C2=O)cc1. The lowest BCUT2D eigenvalue weighted by Crippen LogP contribution is -2.48. The van der Waals surface area contributed by atoms with E-state index in [0.717, 1.165) is 42.6 Å². The third-order valence-corrected chi connectivity index (χ3v) is 7.96. The number of benzene rings is 2. The summed E-state index contributed by atoms with van der Waals surface area (Å²) >= 11 is 0. The largest absolute Gasteiger partial charge is 0.494 e. The molecule has 3 amide bonds. The van der Waals surface area contributed by atoms with Gasteiger partial charge in [0.05, 0.1) is 23.6 Å². The molecule has 1 heterocycles. The van der Waals surface area contributed by atoms with Crippen molar-refractivity contribution in [2.24, 2.45) is 11.1 Å². The molecule has 0 radical (unpaired) electrons. The molecule has 4 rings (SSSR count). The maximum atomic E-state index is 13.6. The van der Waals surface area contributed by atoms with Gasteiger partial charge >= 0.3 is 0 Å². The van der Waals surface area contributed by atoms with Gasteiger partial charge in [-0.05, 0) is 68.1 Å². The third kappa shape index (κ3) is 6.19. The summed E-state index contributed by atoms with van der Waals surface area (Å²) < 4.78 is 28.6. The van der Waals surface area contributed by atoms with Crippen molar-refractivity contribution in [2.45, 2.75) is 62.8 Å². The van der Waals surface area contributed by atoms with Crippen molar-refractivity contribution in [3.63, 3.8) is 0 Å². The molecule has 9 nitrogen and oxygen atoms in total. The predicted molar refractivity (Wildman–Crippen MR) is 138 cm³/mol. The normalized spacial score (nSPS) is 18.8. The molecule has 10 heteroatoms. The minimum atomic E-state index is -3.80. The molecule has 37 heavy (non-hydrogen) atoms. The summed E-state index contributed by atoms with van der Waals surface area (Å²) in [7, 11) is -3.80. The zero-order chi connectivity index (χ0) is 26.6. The number of rotatable bonds is 9. The first-order valence-electron chi connectivity index (χ1n) is 12.7. The second kappa shape index (κ2) is 11.4. The molecule has 2 aromatic carbocycles. The van der Waals surface area contributed by atoms with E-state index in [0.29, 0.717) is 24.5 Å². The van der Waals surface area contributed by atoms with Gasteiger partial charge in [-0.2, -0.15) is 0 Å². The molecule has 2 aliphatic rings. The van der Waals surface area contributed by atoms with Crippen molar-refractivity contribution in [2.75, 3.05) is 18.1 Å². The molecule has 1 aliphatic carbocycles. The van der Waals surface area contributed by atoms with E-state index in [1.54, 1.807) is 41.3 Å². The summed E-state index contributed by atoms with van der Waals surface area (Å²) in [6, 6.07) is 12.0. The monoisotopic (exact) mass is 527 g/mol. The number of carbonyl (C=O) groups excluding carboxylic acids is 3. The molecule has 0 bridgehead atoms. The smallest absolute Gasteiger partial charge is 0.257 e. The Morgan fingerprint density at radius 1 is 1.03 bits per heavy atom. The first-order chi connectivity index (χ1) is 17.7. The summed E-state index contributed by atoms with van der Waals surface area (Å²) in [6.07, 6.45) is 4.90. The number of sulfonamides is 1. The van der Waals surface area contributed by atoms with E-state index < -0.39 is 22.0 Å². The zero-order valence-corrected chi connectivity index (χ0v) is 21.8. The van der Waals surface area contributed by atoms with Gasteiger partial charge in [0.25, 0.3) is 5.91 Å². The van der Waals surface area contributed by atoms with Crippen LogP contribution in [0.4, 0.5) is 5.69 Å². The Bertz CT molecular complexity index is 1240. The van der Waals surface area contributed by atoms with Gasteiger partial charge in [-0.25, -0.2) is 18.5 Å². The van der Waals surface area contributed by atoms with Gasteiger partial charge in [-0.15, -0.1) is 0 Å². The highest BCUT2D eigenvalue weighted by molar-refractivity contribution is 7.89. The Balaban J connectivity index is 1.55. The molecule has 198 valence electrons. The Labute approximate surface area is 217 Å². The van der Waals surface area contributed by atoms with E-state index in [1.807, 2.05) is 6.92 Å². The van der Waals surface area contributed by atoms with Gasteiger partial charge in [0.1, 0.15) is 11.8 Å². The molecule has 1 unspecified atom stereocenters. The number of hydrogen-bond acceptors (Lipinski definition) is 6. The highest BCUT2D eigenvalue weighted by Crippen LogP contribution is 2.31. The van der Waals surface area contributed by atoms with Crippen molar-refractivity contribution in [3.05, 3.63) is 54.1 Å². The maximum absolute atomic E-state index is 13.6. The lowest BCUT2D eigenvalue weighted by atomic mass is 9.87. The summed E-state index contributed by atoms with van der Waals surface area (Å²) in [5, 5.41) is 5.18. The van der Waals surface area contributed by atoms with Gasteiger partial charge in [-0.1, -0.05) is 31.4 Å². The minimum absolute atomic E-state index is 0.00829. The number of carbonyl (C=O) groups is 3. The van der Waals surface area contributed by atoms with E-state index in [-0.39, 0.29) is 35.6 Å². The number of imide groups is 1. The Kier molecular flexibility index (Phi) is 8.29. The average Bonchev–Trinajstić information content (AvgIpc) is 3.18. The molecule has 2 N–H and O–H groups in total. The van der Waals surface area contributed by atoms with Crippen molar-refractivity contribution in [1.29, 1.82) is 0 Å². The Morgan fingerprint density at radius 2 is 1.68 bits per heavy atom. The molecule has 2 aromatic rings. The third-order valence-electron chi connectivity index (χ3n) is 7.04. The molecule has 1 saturated heterocycles. The van der Waals surface area contributed by atoms with Gasteiger partial charge < -0.3 is 9.64 Å². The van der Waals surface area contributed by atoms with Crippen LogP contribution in [0.25, 0.3) is 0 Å². The van der Waals surface area contributed by atoms with Crippen LogP contribution in [0.1, 0.15) is 51.0 Å². The number of primary sulfonamides is 1. The number of hydrogen-bond donors (Lipinski definition) is 1. The first kappa shape index (κ1) is 26.8. The highest BCUT2D eigenvalue weighted by Gasteiger charge is 2.45. The van der Waals surface area contributed by atoms with Crippen LogP contribution in [-0.2, 0) is 30.8 Å². The van der Waals surface area contributed by atoms with Crippen LogP contribution < -0.4 is 14.8 Å². The molecule has 0 spiro atoms. The Hall–Kier alpha value is -3.24. The summed E-state index contributed by atoms with van der Waals surface area (Å²) in [6.45, 7) is 2.62. The summed E-state index contributed by atoms with van der Waals surface area (Å²) in [4.78, 5) is 42.9. The Morgan fingerprint density at radius 3 is 2.27 bits per heavy atom. The van der Waals surface area contributed by atoms with Crippen LogP contribution in [0.5, 0.6) is 5.75 Å². The number of nitrogens with zero attached hydrogens (tertiary/aromatic N) is 2.